The van der Waals surface area contributed by atoms with Gasteiger partial charge in [0.2, 0.25) is 0 Å². The minimum Gasteiger partial charge on any atom is -0.381 e. The molecule has 1 saturated heterocycles. The Morgan fingerprint density at radius 3 is 2.35 bits per heavy atom. The molecule has 4 heterocycles. The summed E-state index contributed by atoms with van der Waals surface area (Å²) in [5, 5.41) is 3.78. The van der Waals surface area contributed by atoms with E-state index in [0.29, 0.717) is 23.4 Å². The Morgan fingerprint density at radius 1 is 1.00 bits per heavy atom. The van der Waals surface area contributed by atoms with E-state index in [1.165, 1.54) is 37.7 Å². The van der Waals surface area contributed by atoms with Gasteiger partial charge in [-0.1, -0.05) is 0 Å². The Balaban J connectivity index is 0.000000188. The fraction of sp³-hybridized carbons (Fsp3) is 0.375. The van der Waals surface area contributed by atoms with Crippen LogP contribution < -0.4 is 0 Å². The van der Waals surface area contributed by atoms with Crippen molar-refractivity contribution in [1.29, 1.82) is 0 Å². The van der Waals surface area contributed by atoms with Crippen molar-refractivity contribution in [1.82, 2.24) is 29.7 Å². The van der Waals surface area contributed by atoms with Gasteiger partial charge in [-0.25, -0.2) is 33.1 Å². The second-order valence-electron chi connectivity index (χ2n) is 7.54. The lowest BCUT2D eigenvalue weighted by Gasteiger charge is -2.08. The quantitative estimate of drug-likeness (QED) is 0.417. The third-order valence-electron chi connectivity index (χ3n) is 5.02. The highest BCUT2D eigenvalue weighted by Crippen LogP contribution is 2.26. The summed E-state index contributed by atoms with van der Waals surface area (Å²) in [6.07, 6.45) is 8.60. The number of hydrogen-bond acceptors (Lipinski definition) is 6. The molecule has 10 heteroatoms. The summed E-state index contributed by atoms with van der Waals surface area (Å²) in [6.45, 7) is 5.65. The monoisotopic (exact) mass is 472 g/mol. The van der Waals surface area contributed by atoms with Crippen LogP contribution in [0.5, 0.6) is 0 Å². The summed E-state index contributed by atoms with van der Waals surface area (Å²) in [5.41, 5.74) is 2.75. The normalized spacial score (nSPS) is 13.0. The molecule has 1 aliphatic heterocycles. The van der Waals surface area contributed by atoms with Crippen molar-refractivity contribution in [2.24, 2.45) is 0 Å². The summed E-state index contributed by atoms with van der Waals surface area (Å²) < 4.78 is 45.0. The molecule has 1 aromatic carbocycles. The van der Waals surface area contributed by atoms with Gasteiger partial charge in [0.25, 0.3) is 0 Å². The standard InChI is InChI=1S/C14H10F2N4.C5H7FN2.C5H10O/c1-7-8(2)20-14-13(19-7)12(17-6-18-14)10-4-3-9(15)5-11(10)16;6-2-5-8-4-1-3-7-8;1-2-4-6-5-3-1/h3-6H,1-2H3;1,3-4H,2,5H2;1-5H2. The second-order valence-corrected chi connectivity index (χ2v) is 7.54. The van der Waals surface area contributed by atoms with Gasteiger partial charge in [0.1, 0.15) is 35.8 Å². The van der Waals surface area contributed by atoms with E-state index in [0.717, 1.165) is 30.7 Å². The van der Waals surface area contributed by atoms with Gasteiger partial charge in [0.05, 0.1) is 17.9 Å². The fourth-order valence-corrected chi connectivity index (χ4v) is 3.13. The first-order valence-corrected chi connectivity index (χ1v) is 11.0. The molecule has 0 unspecified atom stereocenters. The predicted octanol–water partition coefficient (Wildman–Crippen LogP) is 5.02. The van der Waals surface area contributed by atoms with Crippen LogP contribution in [0.15, 0.2) is 43.0 Å². The highest BCUT2D eigenvalue weighted by molar-refractivity contribution is 5.86. The molecule has 1 aliphatic rings. The number of aromatic nitrogens is 6. The number of alkyl halides is 1. The third-order valence-corrected chi connectivity index (χ3v) is 5.02. The molecule has 0 saturated carbocycles. The summed E-state index contributed by atoms with van der Waals surface area (Å²) in [5.74, 6) is -1.33. The fourth-order valence-electron chi connectivity index (χ4n) is 3.13. The smallest absolute Gasteiger partial charge is 0.182 e. The minimum atomic E-state index is -0.690. The molecule has 0 amide bonds. The number of fused-ring (bicyclic) bond motifs is 1. The number of nitrogens with zero attached hydrogens (tertiary/aromatic N) is 6. The van der Waals surface area contributed by atoms with Crippen molar-refractivity contribution in [3.8, 4) is 11.3 Å². The number of ether oxygens (including phenoxy) is 1. The Morgan fingerprint density at radius 2 is 1.76 bits per heavy atom. The van der Waals surface area contributed by atoms with Crippen molar-refractivity contribution >= 4 is 11.2 Å². The lowest BCUT2D eigenvalue weighted by atomic mass is 10.1. The van der Waals surface area contributed by atoms with Crippen molar-refractivity contribution in [2.75, 3.05) is 19.9 Å². The first kappa shape index (κ1) is 25.2. The highest BCUT2D eigenvalue weighted by atomic mass is 19.1. The van der Waals surface area contributed by atoms with Gasteiger partial charge >= 0.3 is 0 Å². The number of benzene rings is 1. The Bertz CT molecular complexity index is 1170. The van der Waals surface area contributed by atoms with Crippen LogP contribution in [0.4, 0.5) is 13.2 Å². The molecule has 0 bridgehead atoms. The van der Waals surface area contributed by atoms with Gasteiger partial charge in [0.15, 0.2) is 5.65 Å². The summed E-state index contributed by atoms with van der Waals surface area (Å²) in [7, 11) is 0. The van der Waals surface area contributed by atoms with E-state index in [2.05, 4.69) is 25.0 Å². The summed E-state index contributed by atoms with van der Waals surface area (Å²) >= 11 is 0. The van der Waals surface area contributed by atoms with E-state index >= 15 is 0 Å². The van der Waals surface area contributed by atoms with E-state index < -0.39 is 11.6 Å². The molecule has 5 rings (SSSR count). The van der Waals surface area contributed by atoms with Gasteiger partial charge in [-0.15, -0.1) is 0 Å². The van der Waals surface area contributed by atoms with Crippen LogP contribution in [0.1, 0.15) is 30.7 Å². The molecule has 3 aromatic heterocycles. The molecule has 34 heavy (non-hydrogen) atoms. The van der Waals surface area contributed by atoms with Crippen molar-refractivity contribution in [3.63, 3.8) is 0 Å². The molecule has 0 N–H and O–H groups in total. The maximum Gasteiger partial charge on any atom is 0.182 e. The average molecular weight is 473 g/mol. The van der Waals surface area contributed by atoms with Crippen molar-refractivity contribution in [3.05, 3.63) is 66.0 Å². The number of aryl methyl sites for hydroxylation is 3. The topological polar surface area (TPSA) is 78.6 Å². The first-order chi connectivity index (χ1) is 16.5. The zero-order chi connectivity index (χ0) is 24.3. The number of hydrogen-bond donors (Lipinski definition) is 0. The molecule has 0 atom stereocenters. The van der Waals surface area contributed by atoms with Gasteiger partial charge in [-0.05, 0) is 51.3 Å². The Labute approximate surface area is 196 Å². The average Bonchev–Trinajstić information content (AvgIpc) is 3.35. The molecule has 1 fully saturated rings. The Kier molecular flexibility index (Phi) is 9.45. The van der Waals surface area contributed by atoms with E-state index in [1.807, 2.05) is 6.92 Å². The van der Waals surface area contributed by atoms with Crippen molar-refractivity contribution < 1.29 is 17.9 Å². The van der Waals surface area contributed by atoms with Crippen LogP contribution in [0.25, 0.3) is 22.4 Å². The lowest BCUT2D eigenvalue weighted by molar-refractivity contribution is 0.0968. The van der Waals surface area contributed by atoms with Gasteiger partial charge in [-0.3, -0.25) is 4.68 Å². The molecule has 4 aromatic rings. The Hall–Kier alpha value is -3.40. The minimum absolute atomic E-state index is 0.177. The molecule has 0 spiro atoms. The second kappa shape index (κ2) is 12.7. The molecule has 180 valence electrons. The van der Waals surface area contributed by atoms with Crippen LogP contribution in [0.2, 0.25) is 0 Å². The van der Waals surface area contributed by atoms with Crippen molar-refractivity contribution in [2.45, 2.75) is 39.7 Å². The maximum atomic E-state index is 13.9. The summed E-state index contributed by atoms with van der Waals surface area (Å²) in [6, 6.07) is 5.11. The van der Waals surface area contributed by atoms with Gasteiger partial charge < -0.3 is 4.74 Å². The van der Waals surface area contributed by atoms with Crippen LogP contribution in [0, 0.1) is 25.5 Å². The molecule has 0 radical (unpaired) electrons. The molecule has 0 aliphatic carbocycles. The lowest BCUT2D eigenvalue weighted by Crippen LogP contribution is -2.03. The van der Waals surface area contributed by atoms with Crippen LogP contribution >= 0.6 is 0 Å². The summed E-state index contributed by atoms with van der Waals surface area (Å²) in [4.78, 5) is 16.8. The van der Waals surface area contributed by atoms with E-state index in [9.17, 15) is 13.2 Å². The van der Waals surface area contributed by atoms with Crippen LogP contribution in [-0.2, 0) is 11.3 Å². The van der Waals surface area contributed by atoms with E-state index in [-0.39, 0.29) is 12.2 Å². The predicted molar refractivity (Wildman–Crippen MR) is 123 cm³/mol. The van der Waals surface area contributed by atoms with Crippen LogP contribution in [0.3, 0.4) is 0 Å². The zero-order valence-corrected chi connectivity index (χ0v) is 19.2. The maximum absolute atomic E-state index is 13.9. The molecule has 7 nitrogen and oxygen atoms in total. The molecular formula is C24H27F3N6O. The number of halogens is 3. The van der Waals surface area contributed by atoms with Gasteiger partial charge in [0, 0.05) is 37.2 Å². The van der Waals surface area contributed by atoms with E-state index in [1.54, 1.807) is 30.1 Å². The van der Waals surface area contributed by atoms with Crippen LogP contribution in [-0.4, -0.2) is 49.6 Å². The highest BCUT2D eigenvalue weighted by Gasteiger charge is 2.14. The zero-order valence-electron chi connectivity index (χ0n) is 19.2. The molecular weight excluding hydrogens is 445 g/mol. The third kappa shape index (κ3) is 7.05. The largest absolute Gasteiger partial charge is 0.381 e. The first-order valence-electron chi connectivity index (χ1n) is 11.0. The van der Waals surface area contributed by atoms with E-state index in [4.69, 9.17) is 4.74 Å². The SMILES string of the molecule is C1CCOCC1.Cc1nc2ncnc(-c3ccc(F)cc3F)c2nc1C.FCCn1cccn1. The van der Waals surface area contributed by atoms with Gasteiger partial charge in [-0.2, -0.15) is 5.10 Å². The number of rotatable bonds is 3.